The third kappa shape index (κ3) is 2.57. The van der Waals surface area contributed by atoms with Gasteiger partial charge in [-0.15, -0.1) is 0 Å². The lowest BCUT2D eigenvalue weighted by Crippen LogP contribution is -2.22. The number of benzene rings is 2. The van der Waals surface area contributed by atoms with Gasteiger partial charge in [0.2, 0.25) is 0 Å². The van der Waals surface area contributed by atoms with Crippen LogP contribution in [0.1, 0.15) is 24.3 Å². The molecule has 1 N–H and O–H groups in total. The number of likely N-dealkylation sites (tertiary alicyclic amines) is 1. The van der Waals surface area contributed by atoms with E-state index in [2.05, 4.69) is 35.5 Å². The van der Waals surface area contributed by atoms with Crippen molar-refractivity contribution in [1.82, 2.24) is 4.90 Å². The van der Waals surface area contributed by atoms with E-state index in [-0.39, 0.29) is 0 Å². The molecule has 0 spiro atoms. The fourth-order valence-electron chi connectivity index (χ4n) is 3.65. The van der Waals surface area contributed by atoms with Crippen molar-refractivity contribution < 1.29 is 4.74 Å². The Morgan fingerprint density at radius 1 is 1.00 bits per heavy atom. The Hall–Kier alpha value is -2.00. The average Bonchev–Trinajstić information content (AvgIpc) is 2.78. The van der Waals surface area contributed by atoms with Gasteiger partial charge in [0, 0.05) is 23.7 Å². The van der Waals surface area contributed by atoms with Gasteiger partial charge in [-0.25, -0.2) is 0 Å². The minimum Gasteiger partial charge on any atom is -0.457 e. The Morgan fingerprint density at radius 2 is 1.82 bits per heavy atom. The molecule has 2 atom stereocenters. The Labute approximate surface area is 131 Å². The number of hydrogen-bond acceptors (Lipinski definition) is 3. The highest BCUT2D eigenvalue weighted by Crippen LogP contribution is 2.42. The van der Waals surface area contributed by atoms with Gasteiger partial charge in [-0.3, -0.25) is 0 Å². The fourth-order valence-corrected chi connectivity index (χ4v) is 3.65. The number of para-hydroxylation sites is 1. The average molecular weight is 294 g/mol. The molecule has 1 fully saturated rings. The van der Waals surface area contributed by atoms with Crippen molar-refractivity contribution in [3.63, 3.8) is 0 Å². The maximum absolute atomic E-state index is 5.95. The lowest BCUT2D eigenvalue weighted by molar-refractivity contribution is 0.346. The van der Waals surface area contributed by atoms with Gasteiger partial charge in [-0.1, -0.05) is 24.3 Å². The van der Waals surface area contributed by atoms with Gasteiger partial charge < -0.3 is 15.0 Å². The van der Waals surface area contributed by atoms with Crippen molar-refractivity contribution in [3.8, 4) is 11.5 Å². The van der Waals surface area contributed by atoms with Gasteiger partial charge in [0.1, 0.15) is 11.5 Å². The Balaban J connectivity index is 1.56. The van der Waals surface area contributed by atoms with Crippen molar-refractivity contribution in [2.75, 3.05) is 25.5 Å². The first-order valence-corrected chi connectivity index (χ1v) is 8.11. The number of anilines is 1. The van der Waals surface area contributed by atoms with E-state index < -0.39 is 0 Å². The molecule has 2 unspecified atom stereocenters. The smallest absolute Gasteiger partial charge is 0.129 e. The highest BCUT2D eigenvalue weighted by Gasteiger charge is 2.33. The van der Waals surface area contributed by atoms with Crippen LogP contribution in [0.3, 0.4) is 0 Å². The van der Waals surface area contributed by atoms with E-state index in [4.69, 9.17) is 4.74 Å². The zero-order valence-electron chi connectivity index (χ0n) is 13.0. The Morgan fingerprint density at radius 3 is 2.68 bits per heavy atom. The van der Waals surface area contributed by atoms with Crippen LogP contribution in [0, 0.1) is 0 Å². The van der Waals surface area contributed by atoms with Crippen molar-refractivity contribution in [2.24, 2.45) is 0 Å². The van der Waals surface area contributed by atoms with Crippen molar-refractivity contribution in [2.45, 2.75) is 24.8 Å². The predicted octanol–water partition coefficient (Wildman–Crippen LogP) is 4.08. The third-order valence-electron chi connectivity index (χ3n) is 4.87. The van der Waals surface area contributed by atoms with E-state index in [1.165, 1.54) is 37.2 Å². The van der Waals surface area contributed by atoms with Crippen LogP contribution in [0.5, 0.6) is 11.5 Å². The quantitative estimate of drug-likeness (QED) is 0.903. The van der Waals surface area contributed by atoms with Crippen LogP contribution < -0.4 is 10.1 Å². The molecule has 0 aromatic heterocycles. The second-order valence-electron chi connectivity index (χ2n) is 6.40. The molecular formula is C19H22N2O. The van der Waals surface area contributed by atoms with Gasteiger partial charge in [0.05, 0.1) is 0 Å². The summed E-state index contributed by atoms with van der Waals surface area (Å²) < 4.78 is 5.95. The number of rotatable bonds is 2. The van der Waals surface area contributed by atoms with Crippen molar-refractivity contribution in [1.29, 1.82) is 0 Å². The van der Waals surface area contributed by atoms with Gasteiger partial charge in [-0.2, -0.15) is 0 Å². The zero-order valence-corrected chi connectivity index (χ0v) is 13.0. The van der Waals surface area contributed by atoms with Crippen LogP contribution in [0.4, 0.5) is 5.69 Å². The van der Waals surface area contributed by atoms with Crippen LogP contribution in [0.25, 0.3) is 0 Å². The molecule has 2 aromatic carbocycles. The summed E-state index contributed by atoms with van der Waals surface area (Å²) in [7, 11) is 2.22. The standard InChI is InChI=1S/C19H22N2O/c1-21-11-9-17-16-8-7-15(22-14-5-3-2-4-6-14)13-19(16)20-18(17)10-12-21/h2-8,13,17-18,20H,9-12H2,1H3. The molecule has 2 heterocycles. The molecule has 0 amide bonds. The second-order valence-corrected chi connectivity index (χ2v) is 6.40. The molecule has 1 saturated heterocycles. The molecule has 114 valence electrons. The van der Waals surface area contributed by atoms with Gasteiger partial charge in [0.15, 0.2) is 0 Å². The first-order chi connectivity index (χ1) is 10.8. The molecule has 3 heteroatoms. The Kier molecular flexibility index (Phi) is 3.51. The highest BCUT2D eigenvalue weighted by molar-refractivity contribution is 5.62. The van der Waals surface area contributed by atoms with E-state index in [1.807, 2.05) is 30.3 Å². The molecule has 0 saturated carbocycles. The first kappa shape index (κ1) is 13.6. The van der Waals surface area contributed by atoms with Crippen molar-refractivity contribution in [3.05, 3.63) is 54.1 Å². The fraction of sp³-hybridized carbons (Fsp3) is 0.368. The van der Waals surface area contributed by atoms with Crippen LogP contribution in [0.2, 0.25) is 0 Å². The van der Waals surface area contributed by atoms with E-state index in [1.54, 1.807) is 0 Å². The maximum Gasteiger partial charge on any atom is 0.129 e. The van der Waals surface area contributed by atoms with E-state index >= 15 is 0 Å². The second kappa shape index (κ2) is 5.65. The monoisotopic (exact) mass is 294 g/mol. The molecule has 2 aromatic rings. The van der Waals surface area contributed by atoms with E-state index in [0.717, 1.165) is 11.5 Å². The van der Waals surface area contributed by atoms with Crippen LogP contribution in [-0.4, -0.2) is 31.1 Å². The first-order valence-electron chi connectivity index (χ1n) is 8.11. The normalized spacial score (nSPS) is 24.0. The largest absolute Gasteiger partial charge is 0.457 e. The molecule has 0 radical (unpaired) electrons. The van der Waals surface area contributed by atoms with Gasteiger partial charge in [-0.05, 0) is 56.7 Å². The molecule has 2 aliphatic heterocycles. The summed E-state index contributed by atoms with van der Waals surface area (Å²) in [5.74, 6) is 2.44. The lowest BCUT2D eigenvalue weighted by Gasteiger charge is -2.15. The minimum absolute atomic E-state index is 0.576. The van der Waals surface area contributed by atoms with Crippen LogP contribution >= 0.6 is 0 Å². The summed E-state index contributed by atoms with van der Waals surface area (Å²) in [5.41, 5.74) is 2.72. The summed E-state index contributed by atoms with van der Waals surface area (Å²) >= 11 is 0. The SMILES string of the molecule is CN1CCC2Nc3cc(Oc4ccccc4)ccc3C2CC1. The number of hydrogen-bond donors (Lipinski definition) is 1. The molecule has 4 rings (SSSR count). The van der Waals surface area contributed by atoms with E-state index in [0.29, 0.717) is 12.0 Å². The van der Waals surface area contributed by atoms with Crippen molar-refractivity contribution >= 4 is 5.69 Å². The summed E-state index contributed by atoms with van der Waals surface area (Å²) in [6.07, 6.45) is 2.45. The molecule has 22 heavy (non-hydrogen) atoms. The Bertz CT molecular complexity index is 656. The van der Waals surface area contributed by atoms with Gasteiger partial charge >= 0.3 is 0 Å². The number of ether oxygens (including phenoxy) is 1. The summed E-state index contributed by atoms with van der Waals surface area (Å²) in [6.45, 7) is 2.36. The molecular weight excluding hydrogens is 272 g/mol. The number of nitrogens with zero attached hydrogens (tertiary/aromatic N) is 1. The zero-order chi connectivity index (χ0) is 14.9. The highest BCUT2D eigenvalue weighted by atomic mass is 16.5. The summed E-state index contributed by atoms with van der Waals surface area (Å²) in [6, 6.07) is 17.0. The number of nitrogens with one attached hydrogen (secondary N) is 1. The molecule has 0 bridgehead atoms. The molecule has 3 nitrogen and oxygen atoms in total. The maximum atomic E-state index is 5.95. The van der Waals surface area contributed by atoms with E-state index in [9.17, 15) is 0 Å². The number of fused-ring (bicyclic) bond motifs is 3. The van der Waals surface area contributed by atoms with Gasteiger partial charge in [0.25, 0.3) is 0 Å². The summed E-state index contributed by atoms with van der Waals surface area (Å²) in [5, 5.41) is 3.72. The predicted molar refractivity (Wildman–Crippen MR) is 89.8 cm³/mol. The lowest BCUT2D eigenvalue weighted by atomic mass is 9.91. The summed E-state index contributed by atoms with van der Waals surface area (Å²) in [4.78, 5) is 2.44. The molecule has 0 aliphatic carbocycles. The van der Waals surface area contributed by atoms with Crippen LogP contribution in [0.15, 0.2) is 48.5 Å². The third-order valence-corrected chi connectivity index (χ3v) is 4.87. The topological polar surface area (TPSA) is 24.5 Å². The van der Waals surface area contributed by atoms with Crippen LogP contribution in [-0.2, 0) is 0 Å². The molecule has 2 aliphatic rings. The minimum atomic E-state index is 0.576.